The summed E-state index contributed by atoms with van der Waals surface area (Å²) in [5.41, 5.74) is 3.10. The fourth-order valence-corrected chi connectivity index (χ4v) is 3.20. The maximum Gasteiger partial charge on any atom is 0.246 e. The summed E-state index contributed by atoms with van der Waals surface area (Å²) in [7, 11) is 0. The highest BCUT2D eigenvalue weighted by atomic mass is 35.5. The van der Waals surface area contributed by atoms with Crippen molar-refractivity contribution in [3.8, 4) is 0 Å². The molecule has 25 heavy (non-hydrogen) atoms. The minimum Gasteiger partial charge on any atom is -0.376 e. The molecule has 0 saturated heterocycles. The Labute approximate surface area is 152 Å². The van der Waals surface area contributed by atoms with E-state index in [1.165, 1.54) is 0 Å². The summed E-state index contributed by atoms with van der Waals surface area (Å²) >= 11 is 6.12. The van der Waals surface area contributed by atoms with Gasteiger partial charge in [0.05, 0.1) is 17.9 Å². The molecule has 2 aromatic carbocycles. The summed E-state index contributed by atoms with van der Waals surface area (Å²) in [4.78, 5) is 26.6. The lowest BCUT2D eigenvalue weighted by Crippen LogP contribution is -2.42. The van der Waals surface area contributed by atoms with Gasteiger partial charge in [-0.15, -0.1) is 0 Å². The monoisotopic (exact) mass is 357 g/mol. The second-order valence-electron chi connectivity index (χ2n) is 6.15. The zero-order valence-corrected chi connectivity index (χ0v) is 14.9. The number of nitrogens with one attached hydrogen (secondary N) is 2. The first-order chi connectivity index (χ1) is 12.0. The van der Waals surface area contributed by atoms with Gasteiger partial charge in [0.25, 0.3) is 0 Å². The van der Waals surface area contributed by atoms with E-state index in [4.69, 9.17) is 11.6 Å². The lowest BCUT2D eigenvalue weighted by atomic mass is 10.1. The molecule has 0 radical (unpaired) electrons. The molecular weight excluding hydrogens is 338 g/mol. The standard InChI is InChI=1S/C19H20ClN3O2/c1-12-10-18(24)22-16-7-3-4-9-17(16)23(12)19(25)11-21-15-8-5-6-14(20)13(15)2/h3-9,12,21H,10-11H2,1-2H3,(H,22,24). The number of halogens is 1. The number of carbonyl (C=O) groups excluding carboxylic acids is 2. The van der Waals surface area contributed by atoms with E-state index < -0.39 is 0 Å². The van der Waals surface area contributed by atoms with Crippen molar-refractivity contribution < 1.29 is 9.59 Å². The second-order valence-corrected chi connectivity index (χ2v) is 6.56. The Morgan fingerprint density at radius 3 is 2.84 bits per heavy atom. The summed E-state index contributed by atoms with van der Waals surface area (Å²) in [5.74, 6) is -0.190. The minimum atomic E-state index is -0.224. The predicted molar refractivity (Wildman–Crippen MR) is 101 cm³/mol. The Kier molecular flexibility index (Phi) is 4.95. The summed E-state index contributed by atoms with van der Waals surface area (Å²) in [5, 5.41) is 6.66. The van der Waals surface area contributed by atoms with Crippen LogP contribution >= 0.6 is 11.6 Å². The van der Waals surface area contributed by atoms with Gasteiger partial charge in [-0.05, 0) is 43.7 Å². The van der Waals surface area contributed by atoms with E-state index in [1.807, 2.05) is 50.2 Å². The van der Waals surface area contributed by atoms with E-state index in [1.54, 1.807) is 11.0 Å². The third kappa shape index (κ3) is 3.61. The molecule has 2 N–H and O–H groups in total. The van der Waals surface area contributed by atoms with Crippen LogP contribution in [0, 0.1) is 6.92 Å². The molecule has 2 amide bonds. The Bertz CT molecular complexity index is 822. The first-order valence-corrected chi connectivity index (χ1v) is 8.55. The quantitative estimate of drug-likeness (QED) is 0.877. The van der Waals surface area contributed by atoms with Gasteiger partial charge in [0.2, 0.25) is 11.8 Å². The van der Waals surface area contributed by atoms with Gasteiger partial charge in [0.1, 0.15) is 0 Å². The highest BCUT2D eigenvalue weighted by molar-refractivity contribution is 6.31. The lowest BCUT2D eigenvalue weighted by Gasteiger charge is -2.28. The van der Waals surface area contributed by atoms with Crippen molar-refractivity contribution in [1.82, 2.24) is 0 Å². The van der Waals surface area contributed by atoms with Crippen LogP contribution in [-0.2, 0) is 9.59 Å². The molecule has 0 aliphatic carbocycles. The van der Waals surface area contributed by atoms with E-state index in [0.717, 1.165) is 16.9 Å². The molecular formula is C19H20ClN3O2. The van der Waals surface area contributed by atoms with Crippen LogP contribution in [0.5, 0.6) is 0 Å². The normalized spacial score (nSPS) is 16.7. The van der Waals surface area contributed by atoms with E-state index in [-0.39, 0.29) is 30.8 Å². The number of hydrogen-bond acceptors (Lipinski definition) is 3. The Morgan fingerprint density at radius 2 is 2.04 bits per heavy atom. The van der Waals surface area contributed by atoms with Crippen LogP contribution in [0.3, 0.4) is 0 Å². The topological polar surface area (TPSA) is 61.4 Å². The van der Waals surface area contributed by atoms with E-state index >= 15 is 0 Å². The number of carbonyl (C=O) groups is 2. The average molecular weight is 358 g/mol. The molecule has 2 aromatic rings. The van der Waals surface area contributed by atoms with Crippen molar-refractivity contribution in [3.05, 3.63) is 53.1 Å². The Balaban J connectivity index is 1.83. The molecule has 1 aliphatic heterocycles. The largest absolute Gasteiger partial charge is 0.376 e. The third-order valence-corrected chi connectivity index (χ3v) is 4.74. The molecule has 0 spiro atoms. The number of hydrogen-bond donors (Lipinski definition) is 2. The average Bonchev–Trinajstić information content (AvgIpc) is 2.70. The molecule has 5 nitrogen and oxygen atoms in total. The molecule has 0 aromatic heterocycles. The van der Waals surface area contributed by atoms with Crippen LogP contribution < -0.4 is 15.5 Å². The van der Waals surface area contributed by atoms with Crippen LogP contribution in [0.1, 0.15) is 18.9 Å². The van der Waals surface area contributed by atoms with Gasteiger partial charge in [0.15, 0.2) is 0 Å². The van der Waals surface area contributed by atoms with Gasteiger partial charge in [-0.1, -0.05) is 29.8 Å². The molecule has 1 unspecified atom stereocenters. The number of benzene rings is 2. The highest BCUT2D eigenvalue weighted by Crippen LogP contribution is 2.31. The summed E-state index contributed by atoms with van der Waals surface area (Å²) in [6.45, 7) is 3.90. The van der Waals surface area contributed by atoms with Gasteiger partial charge in [-0.25, -0.2) is 0 Å². The minimum absolute atomic E-state index is 0.0890. The van der Waals surface area contributed by atoms with Crippen LogP contribution in [0.15, 0.2) is 42.5 Å². The lowest BCUT2D eigenvalue weighted by molar-refractivity contribution is -0.118. The molecule has 1 heterocycles. The van der Waals surface area contributed by atoms with Gasteiger partial charge in [-0.3, -0.25) is 9.59 Å². The molecule has 0 bridgehead atoms. The SMILES string of the molecule is Cc1c(Cl)cccc1NCC(=O)N1c2ccccc2NC(=O)CC1C. The molecule has 130 valence electrons. The maximum absolute atomic E-state index is 12.9. The number of rotatable bonds is 3. The van der Waals surface area contributed by atoms with Gasteiger partial charge < -0.3 is 15.5 Å². The van der Waals surface area contributed by atoms with Crippen molar-refractivity contribution in [2.24, 2.45) is 0 Å². The molecule has 0 fully saturated rings. The number of fused-ring (bicyclic) bond motifs is 1. The first kappa shape index (κ1) is 17.3. The zero-order valence-electron chi connectivity index (χ0n) is 14.2. The predicted octanol–water partition coefficient (Wildman–Crippen LogP) is 3.82. The van der Waals surface area contributed by atoms with Crippen molar-refractivity contribution in [2.75, 3.05) is 22.1 Å². The highest BCUT2D eigenvalue weighted by Gasteiger charge is 2.29. The van der Waals surface area contributed by atoms with Crippen molar-refractivity contribution in [3.63, 3.8) is 0 Å². The number of anilines is 3. The van der Waals surface area contributed by atoms with Gasteiger partial charge in [0, 0.05) is 23.2 Å². The Morgan fingerprint density at radius 1 is 1.28 bits per heavy atom. The van der Waals surface area contributed by atoms with Crippen molar-refractivity contribution >= 4 is 40.5 Å². The fourth-order valence-electron chi connectivity index (χ4n) is 3.02. The van der Waals surface area contributed by atoms with Crippen LogP contribution in [0.4, 0.5) is 17.1 Å². The van der Waals surface area contributed by atoms with Crippen molar-refractivity contribution in [1.29, 1.82) is 0 Å². The molecule has 6 heteroatoms. The summed E-state index contributed by atoms with van der Waals surface area (Å²) < 4.78 is 0. The fraction of sp³-hybridized carbons (Fsp3) is 0.263. The maximum atomic E-state index is 12.9. The second kappa shape index (κ2) is 7.15. The molecule has 1 atom stereocenters. The van der Waals surface area contributed by atoms with E-state index in [2.05, 4.69) is 10.6 Å². The van der Waals surface area contributed by atoms with E-state index in [9.17, 15) is 9.59 Å². The van der Waals surface area contributed by atoms with Gasteiger partial charge in [-0.2, -0.15) is 0 Å². The molecule has 3 rings (SSSR count). The summed E-state index contributed by atoms with van der Waals surface area (Å²) in [6, 6.07) is 12.7. The smallest absolute Gasteiger partial charge is 0.246 e. The van der Waals surface area contributed by atoms with Crippen molar-refractivity contribution in [2.45, 2.75) is 26.3 Å². The van der Waals surface area contributed by atoms with Crippen LogP contribution in [0.25, 0.3) is 0 Å². The first-order valence-electron chi connectivity index (χ1n) is 8.17. The zero-order chi connectivity index (χ0) is 18.0. The molecule has 0 saturated carbocycles. The van der Waals surface area contributed by atoms with E-state index in [0.29, 0.717) is 10.7 Å². The van der Waals surface area contributed by atoms with Gasteiger partial charge >= 0.3 is 0 Å². The Hall–Kier alpha value is -2.53. The third-order valence-electron chi connectivity index (χ3n) is 4.33. The van der Waals surface area contributed by atoms with Crippen LogP contribution in [-0.4, -0.2) is 24.4 Å². The van der Waals surface area contributed by atoms with Crippen LogP contribution in [0.2, 0.25) is 5.02 Å². The summed E-state index contributed by atoms with van der Waals surface area (Å²) in [6.07, 6.45) is 0.261. The molecule has 1 aliphatic rings. The number of amides is 2. The number of nitrogens with zero attached hydrogens (tertiary/aromatic N) is 1. The number of para-hydroxylation sites is 2.